The first-order chi connectivity index (χ1) is 29.0. The van der Waals surface area contributed by atoms with E-state index in [0.717, 1.165) is 55.7 Å². The Kier molecular flexibility index (Phi) is 8.20. The Morgan fingerprint density at radius 1 is 0.339 bits per heavy atom. The molecule has 1 heterocycles. The smallest absolute Gasteiger partial charge is 0.143 e. The van der Waals surface area contributed by atoms with Gasteiger partial charge < -0.3 is 9.32 Å². The Labute approximate surface area is 345 Å². The van der Waals surface area contributed by atoms with Gasteiger partial charge in [0.2, 0.25) is 0 Å². The van der Waals surface area contributed by atoms with E-state index in [-0.39, 0.29) is 5.41 Å². The maximum absolute atomic E-state index is 6.43. The molecular weight excluding hydrogens is 715 g/mol. The zero-order chi connectivity index (χ0) is 39.5. The summed E-state index contributed by atoms with van der Waals surface area (Å²) in [7, 11) is 0. The zero-order valence-corrected chi connectivity index (χ0v) is 33.1. The maximum Gasteiger partial charge on any atom is 0.143 e. The lowest BCUT2D eigenvalue weighted by molar-refractivity contribution is 0.660. The van der Waals surface area contributed by atoms with Crippen LogP contribution in [0.3, 0.4) is 0 Å². The molecule has 0 N–H and O–H groups in total. The van der Waals surface area contributed by atoms with Gasteiger partial charge in [0.1, 0.15) is 11.2 Å². The molecule has 0 amide bonds. The molecule has 2 nitrogen and oxygen atoms in total. The number of anilines is 3. The topological polar surface area (TPSA) is 16.4 Å². The summed E-state index contributed by atoms with van der Waals surface area (Å²) in [5, 5.41) is 2.27. The quantitative estimate of drug-likeness (QED) is 0.161. The van der Waals surface area contributed by atoms with E-state index in [0.29, 0.717) is 0 Å². The molecule has 0 saturated carbocycles. The molecule has 11 rings (SSSR count). The normalized spacial score (nSPS) is 12.7. The molecule has 9 aromatic carbocycles. The highest BCUT2D eigenvalue weighted by molar-refractivity contribution is 6.09. The molecule has 0 fully saturated rings. The molecule has 1 aliphatic carbocycles. The largest absolute Gasteiger partial charge is 0.455 e. The first kappa shape index (κ1) is 34.8. The third-order valence-corrected chi connectivity index (χ3v) is 12.3. The van der Waals surface area contributed by atoms with Crippen molar-refractivity contribution in [2.24, 2.45) is 0 Å². The van der Waals surface area contributed by atoms with E-state index >= 15 is 0 Å². The SMILES string of the molecule is CC1(C)c2ccccc2-c2cc(-c3cccc(-c4cccc(N(c5ccc(-c6ccccc6)cc5)c5ccc(-c6cccc7c6oc6ccccc67)cc5)c4)c3)ccc21. The van der Waals surface area contributed by atoms with E-state index in [2.05, 4.69) is 219 Å². The predicted octanol–water partition coefficient (Wildman–Crippen LogP) is 16.0. The third kappa shape index (κ3) is 5.96. The predicted molar refractivity (Wildman–Crippen MR) is 248 cm³/mol. The van der Waals surface area contributed by atoms with Gasteiger partial charge in [-0.25, -0.2) is 0 Å². The second-order valence-corrected chi connectivity index (χ2v) is 16.1. The van der Waals surface area contributed by atoms with Crippen molar-refractivity contribution >= 4 is 39.0 Å². The van der Waals surface area contributed by atoms with Crippen LogP contribution in [0.2, 0.25) is 0 Å². The monoisotopic (exact) mass is 755 g/mol. The zero-order valence-electron chi connectivity index (χ0n) is 33.1. The van der Waals surface area contributed by atoms with Gasteiger partial charge in [0.25, 0.3) is 0 Å². The molecule has 0 saturated heterocycles. The van der Waals surface area contributed by atoms with Gasteiger partial charge in [0.15, 0.2) is 0 Å². The van der Waals surface area contributed by atoms with E-state index < -0.39 is 0 Å². The molecule has 2 heteroatoms. The van der Waals surface area contributed by atoms with E-state index in [4.69, 9.17) is 4.42 Å². The molecule has 1 aliphatic rings. The number of benzene rings is 9. The second-order valence-electron chi connectivity index (χ2n) is 16.1. The molecule has 10 aromatic rings. The van der Waals surface area contributed by atoms with Crippen molar-refractivity contribution in [3.05, 3.63) is 223 Å². The van der Waals surface area contributed by atoms with E-state index in [1.807, 2.05) is 12.1 Å². The first-order valence-corrected chi connectivity index (χ1v) is 20.4. The maximum atomic E-state index is 6.43. The fraction of sp³-hybridized carbons (Fsp3) is 0.0526. The van der Waals surface area contributed by atoms with Crippen molar-refractivity contribution in [3.63, 3.8) is 0 Å². The van der Waals surface area contributed by atoms with Crippen LogP contribution in [-0.4, -0.2) is 0 Å². The van der Waals surface area contributed by atoms with Gasteiger partial charge in [0, 0.05) is 38.8 Å². The number of nitrogens with zero attached hydrogens (tertiary/aromatic N) is 1. The lowest BCUT2D eigenvalue weighted by Crippen LogP contribution is -2.14. The molecule has 0 bridgehead atoms. The summed E-state index contributed by atoms with van der Waals surface area (Å²) in [6.45, 7) is 4.67. The van der Waals surface area contributed by atoms with Crippen LogP contribution < -0.4 is 4.90 Å². The highest BCUT2D eigenvalue weighted by Crippen LogP contribution is 2.50. The van der Waals surface area contributed by atoms with Crippen LogP contribution in [-0.2, 0) is 5.41 Å². The molecule has 0 unspecified atom stereocenters. The second kappa shape index (κ2) is 13.9. The Bertz CT molecular complexity index is 3170. The van der Waals surface area contributed by atoms with Crippen molar-refractivity contribution in [1.82, 2.24) is 0 Å². The minimum absolute atomic E-state index is 0.0105. The van der Waals surface area contributed by atoms with Crippen molar-refractivity contribution in [2.75, 3.05) is 4.90 Å². The molecule has 59 heavy (non-hydrogen) atoms. The van der Waals surface area contributed by atoms with Crippen molar-refractivity contribution in [2.45, 2.75) is 19.3 Å². The molecule has 0 radical (unpaired) electrons. The average Bonchev–Trinajstić information content (AvgIpc) is 3.79. The summed E-state index contributed by atoms with van der Waals surface area (Å²) in [6, 6.07) is 76.8. The number of fused-ring (bicyclic) bond motifs is 6. The fourth-order valence-electron chi connectivity index (χ4n) is 9.25. The minimum atomic E-state index is -0.0105. The highest BCUT2D eigenvalue weighted by atomic mass is 16.3. The fourth-order valence-corrected chi connectivity index (χ4v) is 9.25. The van der Waals surface area contributed by atoms with Crippen LogP contribution in [0, 0.1) is 0 Å². The summed E-state index contributed by atoms with van der Waals surface area (Å²) in [5.41, 5.74) is 19.9. The molecule has 280 valence electrons. The minimum Gasteiger partial charge on any atom is -0.455 e. The van der Waals surface area contributed by atoms with Gasteiger partial charge in [-0.3, -0.25) is 0 Å². The molecule has 0 spiro atoms. The van der Waals surface area contributed by atoms with Crippen LogP contribution in [0.15, 0.2) is 217 Å². The third-order valence-electron chi connectivity index (χ3n) is 12.3. The number of furan rings is 1. The van der Waals surface area contributed by atoms with E-state index in [1.165, 1.54) is 50.1 Å². The lowest BCUT2D eigenvalue weighted by Gasteiger charge is -2.26. The number of hydrogen-bond donors (Lipinski definition) is 0. The molecule has 0 atom stereocenters. The molecule has 0 aliphatic heterocycles. The average molecular weight is 756 g/mol. The van der Waals surface area contributed by atoms with Gasteiger partial charge in [-0.15, -0.1) is 0 Å². The summed E-state index contributed by atoms with van der Waals surface area (Å²) in [4.78, 5) is 2.35. The molecular formula is C57H41NO. The van der Waals surface area contributed by atoms with Gasteiger partial charge in [0.05, 0.1) is 0 Å². The Balaban J connectivity index is 0.977. The van der Waals surface area contributed by atoms with E-state index in [1.54, 1.807) is 0 Å². The van der Waals surface area contributed by atoms with Crippen LogP contribution in [0.1, 0.15) is 25.0 Å². The molecule has 1 aromatic heterocycles. The number of rotatable bonds is 7. The van der Waals surface area contributed by atoms with Crippen LogP contribution >= 0.6 is 0 Å². The van der Waals surface area contributed by atoms with Crippen LogP contribution in [0.5, 0.6) is 0 Å². The van der Waals surface area contributed by atoms with Crippen molar-refractivity contribution in [3.8, 4) is 55.6 Å². The summed E-state index contributed by atoms with van der Waals surface area (Å²) >= 11 is 0. The van der Waals surface area contributed by atoms with Crippen molar-refractivity contribution in [1.29, 1.82) is 0 Å². The highest BCUT2D eigenvalue weighted by Gasteiger charge is 2.35. The van der Waals surface area contributed by atoms with Crippen LogP contribution in [0.25, 0.3) is 77.6 Å². The van der Waals surface area contributed by atoms with Crippen LogP contribution in [0.4, 0.5) is 17.1 Å². The Morgan fingerprint density at radius 3 is 1.64 bits per heavy atom. The van der Waals surface area contributed by atoms with E-state index in [9.17, 15) is 0 Å². The van der Waals surface area contributed by atoms with Gasteiger partial charge in [-0.2, -0.15) is 0 Å². The van der Waals surface area contributed by atoms with Gasteiger partial charge in [-0.1, -0.05) is 172 Å². The first-order valence-electron chi connectivity index (χ1n) is 20.4. The Morgan fingerprint density at radius 2 is 0.864 bits per heavy atom. The van der Waals surface area contributed by atoms with Crippen molar-refractivity contribution < 1.29 is 4.42 Å². The summed E-state index contributed by atoms with van der Waals surface area (Å²) < 4.78 is 6.43. The van der Waals surface area contributed by atoms with Gasteiger partial charge in [-0.05, 0) is 116 Å². The summed E-state index contributed by atoms with van der Waals surface area (Å²) in [5.74, 6) is 0. The standard InChI is InChI=1S/C57H41NO/c1-57(2)53-23-8-6-19-49(53)52-37-44(29-34-54(52)57)42-16-10-15-41(35-42)43-17-11-18-47(36-43)58(45-30-25-39(26-31-45)38-13-4-3-5-14-38)46-32-27-40(28-33-46)48-21-12-22-51-50-20-7-9-24-55(50)59-56(48)51/h3-37H,1-2H3. The van der Waals surface area contributed by atoms with Gasteiger partial charge >= 0.3 is 0 Å². The number of para-hydroxylation sites is 2. The lowest BCUT2D eigenvalue weighted by atomic mass is 9.82. The Hall–Kier alpha value is -7.42. The summed E-state index contributed by atoms with van der Waals surface area (Å²) in [6.07, 6.45) is 0. The number of hydrogen-bond acceptors (Lipinski definition) is 2.